The number of nitrogens with zero attached hydrogens (tertiary/aromatic N) is 1. The van der Waals surface area contributed by atoms with E-state index in [2.05, 4.69) is 26.2 Å². The van der Waals surface area contributed by atoms with Crippen molar-refractivity contribution >= 4 is 27.7 Å². The van der Waals surface area contributed by atoms with Crippen LogP contribution in [0.5, 0.6) is 0 Å². The van der Waals surface area contributed by atoms with E-state index < -0.39 is 11.7 Å². The van der Waals surface area contributed by atoms with Crippen LogP contribution < -0.4 is 11.1 Å². The van der Waals surface area contributed by atoms with Crippen molar-refractivity contribution in [3.63, 3.8) is 0 Å². The molecule has 1 amide bonds. The molecule has 0 spiro atoms. The SMILES string of the molecule is Nc1nccc(C(=O)NCc2cccc(Br)c2)c1F. The van der Waals surface area contributed by atoms with E-state index >= 15 is 0 Å². The third-order valence-corrected chi connectivity index (χ3v) is 3.00. The van der Waals surface area contributed by atoms with Crippen LogP contribution >= 0.6 is 15.9 Å². The van der Waals surface area contributed by atoms with Crippen molar-refractivity contribution in [1.82, 2.24) is 10.3 Å². The summed E-state index contributed by atoms with van der Waals surface area (Å²) in [6.07, 6.45) is 1.30. The Labute approximate surface area is 118 Å². The van der Waals surface area contributed by atoms with Crippen LogP contribution in [-0.4, -0.2) is 10.9 Å². The predicted molar refractivity (Wildman–Crippen MR) is 73.9 cm³/mol. The molecular weight excluding hydrogens is 313 g/mol. The van der Waals surface area contributed by atoms with E-state index in [4.69, 9.17) is 5.73 Å². The first-order valence-corrected chi connectivity index (χ1v) is 6.30. The Morgan fingerprint density at radius 1 is 1.42 bits per heavy atom. The maximum atomic E-state index is 13.6. The average Bonchev–Trinajstić information content (AvgIpc) is 2.39. The number of nitrogens with one attached hydrogen (secondary N) is 1. The van der Waals surface area contributed by atoms with Crippen molar-refractivity contribution < 1.29 is 9.18 Å². The van der Waals surface area contributed by atoms with Gasteiger partial charge in [-0.3, -0.25) is 4.79 Å². The van der Waals surface area contributed by atoms with E-state index in [1.807, 2.05) is 24.3 Å². The maximum absolute atomic E-state index is 13.6. The van der Waals surface area contributed by atoms with Gasteiger partial charge >= 0.3 is 0 Å². The van der Waals surface area contributed by atoms with Crippen LogP contribution in [0.25, 0.3) is 0 Å². The van der Waals surface area contributed by atoms with Crippen LogP contribution in [0.4, 0.5) is 10.2 Å². The largest absolute Gasteiger partial charge is 0.381 e. The van der Waals surface area contributed by atoms with Gasteiger partial charge in [-0.05, 0) is 23.8 Å². The molecule has 0 aliphatic carbocycles. The van der Waals surface area contributed by atoms with E-state index in [9.17, 15) is 9.18 Å². The van der Waals surface area contributed by atoms with Gasteiger partial charge < -0.3 is 11.1 Å². The number of nitrogen functional groups attached to an aromatic ring is 1. The highest BCUT2D eigenvalue weighted by molar-refractivity contribution is 9.10. The molecule has 98 valence electrons. The Kier molecular flexibility index (Phi) is 4.11. The van der Waals surface area contributed by atoms with Crippen LogP contribution in [0.15, 0.2) is 41.0 Å². The number of hydrogen-bond acceptors (Lipinski definition) is 3. The fourth-order valence-electron chi connectivity index (χ4n) is 1.56. The van der Waals surface area contributed by atoms with Crippen LogP contribution in [0.3, 0.4) is 0 Å². The number of amides is 1. The van der Waals surface area contributed by atoms with E-state index in [1.165, 1.54) is 12.3 Å². The molecule has 0 fully saturated rings. The molecule has 1 aromatic heterocycles. The van der Waals surface area contributed by atoms with Crippen molar-refractivity contribution in [3.8, 4) is 0 Å². The van der Waals surface area contributed by atoms with Crippen molar-refractivity contribution in [2.75, 3.05) is 5.73 Å². The highest BCUT2D eigenvalue weighted by atomic mass is 79.9. The monoisotopic (exact) mass is 323 g/mol. The maximum Gasteiger partial charge on any atom is 0.254 e. The zero-order chi connectivity index (χ0) is 13.8. The number of halogens is 2. The first-order valence-electron chi connectivity index (χ1n) is 5.50. The standard InChI is InChI=1S/C13H11BrFN3O/c14-9-3-1-2-8(6-9)7-18-13(19)10-4-5-17-12(16)11(10)15/h1-6H,7H2,(H2,16,17)(H,18,19). The Hall–Kier alpha value is -1.95. The number of pyridine rings is 1. The zero-order valence-electron chi connectivity index (χ0n) is 9.86. The van der Waals surface area contributed by atoms with Crippen LogP contribution in [-0.2, 0) is 6.54 Å². The van der Waals surface area contributed by atoms with Gasteiger partial charge in [-0.1, -0.05) is 28.1 Å². The van der Waals surface area contributed by atoms with E-state index in [1.54, 1.807) is 0 Å². The summed E-state index contributed by atoms with van der Waals surface area (Å²) in [7, 11) is 0. The summed E-state index contributed by atoms with van der Waals surface area (Å²) in [5, 5.41) is 2.63. The molecule has 19 heavy (non-hydrogen) atoms. The first-order chi connectivity index (χ1) is 9.08. The molecule has 0 bridgehead atoms. The Morgan fingerprint density at radius 3 is 2.95 bits per heavy atom. The van der Waals surface area contributed by atoms with Crippen molar-refractivity contribution in [2.45, 2.75) is 6.54 Å². The zero-order valence-corrected chi connectivity index (χ0v) is 11.4. The minimum Gasteiger partial charge on any atom is -0.381 e. The quantitative estimate of drug-likeness (QED) is 0.911. The molecule has 0 unspecified atom stereocenters. The van der Waals surface area contributed by atoms with E-state index in [0.717, 1.165) is 10.0 Å². The minimum atomic E-state index is -0.797. The van der Waals surface area contributed by atoms with Gasteiger partial charge in [0, 0.05) is 17.2 Å². The summed E-state index contributed by atoms with van der Waals surface area (Å²) in [6.45, 7) is 0.305. The third-order valence-electron chi connectivity index (χ3n) is 2.50. The summed E-state index contributed by atoms with van der Waals surface area (Å²) in [5.74, 6) is -1.60. The van der Waals surface area contributed by atoms with Gasteiger partial charge in [0.1, 0.15) is 0 Å². The molecule has 0 aliphatic rings. The normalized spacial score (nSPS) is 10.2. The highest BCUT2D eigenvalue weighted by Gasteiger charge is 2.14. The van der Waals surface area contributed by atoms with Gasteiger partial charge in [-0.15, -0.1) is 0 Å². The smallest absolute Gasteiger partial charge is 0.254 e. The Morgan fingerprint density at radius 2 is 2.21 bits per heavy atom. The molecule has 1 heterocycles. The molecule has 0 saturated heterocycles. The van der Waals surface area contributed by atoms with Crippen molar-refractivity contribution in [2.24, 2.45) is 0 Å². The number of carbonyl (C=O) groups is 1. The second-order valence-corrected chi connectivity index (χ2v) is 4.79. The number of hydrogen-bond donors (Lipinski definition) is 2. The average molecular weight is 324 g/mol. The molecule has 0 aliphatic heterocycles. The summed E-state index contributed by atoms with van der Waals surface area (Å²) < 4.78 is 14.5. The molecule has 0 atom stereocenters. The van der Waals surface area contributed by atoms with Crippen LogP contribution in [0.1, 0.15) is 15.9 Å². The van der Waals surface area contributed by atoms with Crippen molar-refractivity contribution in [1.29, 1.82) is 0 Å². The summed E-state index contributed by atoms with van der Waals surface area (Å²) >= 11 is 3.34. The highest BCUT2D eigenvalue weighted by Crippen LogP contribution is 2.13. The first kappa shape index (κ1) is 13.5. The Balaban J connectivity index is 2.08. The lowest BCUT2D eigenvalue weighted by molar-refractivity contribution is 0.0947. The molecule has 0 radical (unpaired) electrons. The molecule has 1 aromatic carbocycles. The number of carbonyl (C=O) groups excluding carboxylic acids is 1. The molecule has 3 N–H and O–H groups in total. The lowest BCUT2D eigenvalue weighted by atomic mass is 10.2. The molecular formula is C13H11BrFN3O. The topological polar surface area (TPSA) is 68.0 Å². The number of benzene rings is 1. The van der Waals surface area contributed by atoms with Crippen LogP contribution in [0.2, 0.25) is 0 Å². The van der Waals surface area contributed by atoms with E-state index in [0.29, 0.717) is 6.54 Å². The lowest BCUT2D eigenvalue weighted by Crippen LogP contribution is -2.24. The summed E-state index contributed by atoms with van der Waals surface area (Å²) in [4.78, 5) is 15.4. The van der Waals surface area contributed by atoms with Gasteiger partial charge in [0.05, 0.1) is 5.56 Å². The lowest BCUT2D eigenvalue weighted by Gasteiger charge is -2.07. The second-order valence-electron chi connectivity index (χ2n) is 3.87. The van der Waals surface area contributed by atoms with Gasteiger partial charge in [0.25, 0.3) is 5.91 Å². The second kappa shape index (κ2) is 5.79. The Bertz CT molecular complexity index is 619. The minimum absolute atomic E-state index is 0.109. The van der Waals surface area contributed by atoms with Crippen molar-refractivity contribution in [3.05, 3.63) is 57.9 Å². The fraction of sp³-hybridized carbons (Fsp3) is 0.0769. The number of aromatic nitrogens is 1. The van der Waals surface area contributed by atoms with Crippen LogP contribution in [0, 0.1) is 5.82 Å². The van der Waals surface area contributed by atoms with Gasteiger partial charge in [0.15, 0.2) is 11.6 Å². The van der Waals surface area contributed by atoms with Gasteiger partial charge in [-0.2, -0.15) is 0 Å². The number of rotatable bonds is 3. The molecule has 4 nitrogen and oxygen atoms in total. The van der Waals surface area contributed by atoms with Gasteiger partial charge in [0.2, 0.25) is 0 Å². The summed E-state index contributed by atoms with van der Waals surface area (Å²) in [6, 6.07) is 8.77. The fourth-order valence-corrected chi connectivity index (χ4v) is 2.01. The molecule has 2 aromatic rings. The van der Waals surface area contributed by atoms with E-state index in [-0.39, 0.29) is 11.4 Å². The number of nitrogens with two attached hydrogens (primary N) is 1. The molecule has 0 saturated carbocycles. The van der Waals surface area contributed by atoms with Gasteiger partial charge in [-0.25, -0.2) is 9.37 Å². The molecule has 6 heteroatoms. The number of anilines is 1. The third kappa shape index (κ3) is 3.29. The molecule has 2 rings (SSSR count). The summed E-state index contributed by atoms with van der Waals surface area (Å²) in [5.41, 5.74) is 6.11. The predicted octanol–water partition coefficient (Wildman–Crippen LogP) is 2.50.